The van der Waals surface area contributed by atoms with Crippen molar-refractivity contribution < 1.29 is 4.79 Å². The van der Waals surface area contributed by atoms with Crippen molar-refractivity contribution in [2.24, 2.45) is 23.7 Å². The molecule has 0 aromatic carbocycles. The minimum atomic E-state index is 0.299. The summed E-state index contributed by atoms with van der Waals surface area (Å²) in [5.74, 6) is 2.30. The summed E-state index contributed by atoms with van der Waals surface area (Å²) in [6.45, 7) is 8.76. The van der Waals surface area contributed by atoms with E-state index >= 15 is 0 Å². The SMILES string of the molecule is CC(C)C1=C2CCCCC2C(C(C)C)C1=O. The van der Waals surface area contributed by atoms with Crippen LogP contribution in [0.2, 0.25) is 0 Å². The van der Waals surface area contributed by atoms with Crippen molar-refractivity contribution in [3.8, 4) is 0 Å². The average Bonchev–Trinajstić information content (AvgIpc) is 2.49. The summed E-state index contributed by atoms with van der Waals surface area (Å²) >= 11 is 0. The Morgan fingerprint density at radius 2 is 1.81 bits per heavy atom. The maximum absolute atomic E-state index is 12.5. The zero-order chi connectivity index (χ0) is 11.9. The zero-order valence-corrected chi connectivity index (χ0v) is 11.0. The summed E-state index contributed by atoms with van der Waals surface area (Å²) in [5.41, 5.74) is 2.73. The van der Waals surface area contributed by atoms with Gasteiger partial charge in [0.25, 0.3) is 0 Å². The van der Waals surface area contributed by atoms with E-state index in [1.54, 1.807) is 0 Å². The second-order valence-electron chi connectivity index (χ2n) is 6.08. The fourth-order valence-corrected chi connectivity index (χ4v) is 3.71. The Balaban J connectivity index is 2.37. The van der Waals surface area contributed by atoms with Crippen molar-refractivity contribution in [3.63, 3.8) is 0 Å². The molecule has 0 amide bonds. The van der Waals surface area contributed by atoms with Crippen molar-refractivity contribution in [3.05, 3.63) is 11.1 Å². The number of Topliss-reactive ketones (excluding diaryl/α,β-unsaturated/α-hetero) is 1. The minimum Gasteiger partial charge on any atom is -0.294 e. The highest BCUT2D eigenvalue weighted by Crippen LogP contribution is 2.48. The van der Waals surface area contributed by atoms with E-state index in [0.717, 1.165) is 0 Å². The van der Waals surface area contributed by atoms with Gasteiger partial charge in [0.1, 0.15) is 0 Å². The molecule has 2 rings (SSSR count). The number of ketones is 1. The van der Waals surface area contributed by atoms with Gasteiger partial charge in [0.05, 0.1) is 0 Å². The molecule has 90 valence electrons. The highest BCUT2D eigenvalue weighted by Gasteiger charge is 2.44. The van der Waals surface area contributed by atoms with Crippen LogP contribution in [0.15, 0.2) is 11.1 Å². The lowest BCUT2D eigenvalue weighted by Crippen LogP contribution is -2.25. The van der Waals surface area contributed by atoms with Gasteiger partial charge in [-0.1, -0.05) is 39.7 Å². The summed E-state index contributed by atoms with van der Waals surface area (Å²) in [6, 6.07) is 0. The number of fused-ring (bicyclic) bond motifs is 1. The van der Waals surface area contributed by atoms with Crippen LogP contribution in [0.4, 0.5) is 0 Å². The maximum atomic E-state index is 12.5. The van der Waals surface area contributed by atoms with Crippen LogP contribution in [-0.4, -0.2) is 5.78 Å². The molecule has 0 heterocycles. The Morgan fingerprint density at radius 1 is 1.12 bits per heavy atom. The van der Waals surface area contributed by atoms with Crippen LogP contribution < -0.4 is 0 Å². The second-order valence-corrected chi connectivity index (χ2v) is 6.08. The van der Waals surface area contributed by atoms with Crippen molar-refractivity contribution in [1.82, 2.24) is 0 Å². The van der Waals surface area contributed by atoms with E-state index in [1.807, 2.05) is 0 Å². The first-order valence-corrected chi connectivity index (χ1v) is 6.81. The first kappa shape index (κ1) is 11.9. The summed E-state index contributed by atoms with van der Waals surface area (Å²) < 4.78 is 0. The molecule has 2 unspecified atom stereocenters. The van der Waals surface area contributed by atoms with Gasteiger partial charge in [-0.3, -0.25) is 4.79 Å². The molecule has 2 aliphatic rings. The van der Waals surface area contributed by atoms with Crippen molar-refractivity contribution in [2.45, 2.75) is 53.4 Å². The first-order valence-electron chi connectivity index (χ1n) is 6.81. The summed E-state index contributed by atoms with van der Waals surface area (Å²) in [4.78, 5) is 12.5. The molecular formula is C15H24O. The molecule has 2 aliphatic carbocycles. The highest BCUT2D eigenvalue weighted by atomic mass is 16.1. The second kappa shape index (κ2) is 4.35. The third kappa shape index (κ3) is 1.74. The maximum Gasteiger partial charge on any atom is 0.163 e. The van der Waals surface area contributed by atoms with Crippen molar-refractivity contribution >= 4 is 5.78 Å². The van der Waals surface area contributed by atoms with Crippen LogP contribution in [0, 0.1) is 23.7 Å². The standard InChI is InChI=1S/C15H24O/c1-9(2)13-11-7-5-6-8-12(11)14(10(3)4)15(13)16/h9-11,13H,5-8H2,1-4H3. The predicted molar refractivity (Wildman–Crippen MR) is 67.2 cm³/mol. The Hall–Kier alpha value is -0.590. The fraction of sp³-hybridized carbons (Fsp3) is 0.800. The van der Waals surface area contributed by atoms with E-state index in [2.05, 4.69) is 27.7 Å². The van der Waals surface area contributed by atoms with Crippen LogP contribution in [0.3, 0.4) is 0 Å². The molecule has 1 saturated carbocycles. The lowest BCUT2D eigenvalue weighted by atomic mass is 9.76. The average molecular weight is 220 g/mol. The van der Waals surface area contributed by atoms with Crippen LogP contribution in [-0.2, 0) is 4.79 Å². The lowest BCUT2D eigenvalue weighted by Gasteiger charge is -2.28. The van der Waals surface area contributed by atoms with Gasteiger partial charge >= 0.3 is 0 Å². The molecule has 0 saturated heterocycles. The number of hydrogen-bond acceptors (Lipinski definition) is 1. The third-order valence-electron chi connectivity index (χ3n) is 4.30. The zero-order valence-electron chi connectivity index (χ0n) is 11.0. The molecule has 1 fully saturated rings. The molecule has 0 aromatic rings. The van der Waals surface area contributed by atoms with Gasteiger partial charge in [-0.25, -0.2) is 0 Å². The molecule has 0 radical (unpaired) electrons. The van der Waals surface area contributed by atoms with E-state index in [4.69, 9.17) is 0 Å². The van der Waals surface area contributed by atoms with Crippen LogP contribution >= 0.6 is 0 Å². The number of rotatable bonds is 2. The summed E-state index contributed by atoms with van der Waals surface area (Å²) in [6.07, 6.45) is 5.05. The molecule has 2 atom stereocenters. The molecule has 0 aliphatic heterocycles. The Morgan fingerprint density at radius 3 is 2.38 bits per heavy atom. The van der Waals surface area contributed by atoms with Gasteiger partial charge in [0.15, 0.2) is 5.78 Å². The van der Waals surface area contributed by atoms with Crippen LogP contribution in [0.5, 0.6) is 0 Å². The van der Waals surface area contributed by atoms with E-state index in [-0.39, 0.29) is 0 Å². The van der Waals surface area contributed by atoms with Gasteiger partial charge in [-0.05, 0) is 42.6 Å². The number of carbonyl (C=O) groups excluding carboxylic acids is 1. The third-order valence-corrected chi connectivity index (χ3v) is 4.30. The number of carbonyl (C=O) groups is 1. The van der Waals surface area contributed by atoms with Crippen LogP contribution in [0.25, 0.3) is 0 Å². The molecule has 0 spiro atoms. The van der Waals surface area contributed by atoms with E-state index in [9.17, 15) is 4.79 Å². The molecule has 0 bridgehead atoms. The van der Waals surface area contributed by atoms with Gasteiger partial charge < -0.3 is 0 Å². The highest BCUT2D eigenvalue weighted by molar-refractivity contribution is 6.01. The summed E-state index contributed by atoms with van der Waals surface area (Å²) in [7, 11) is 0. The van der Waals surface area contributed by atoms with Crippen molar-refractivity contribution in [1.29, 1.82) is 0 Å². The number of allylic oxidation sites excluding steroid dienone is 2. The van der Waals surface area contributed by atoms with Gasteiger partial charge in [-0.2, -0.15) is 0 Å². The normalized spacial score (nSPS) is 30.5. The topological polar surface area (TPSA) is 17.1 Å². The van der Waals surface area contributed by atoms with E-state index < -0.39 is 0 Å². The molecule has 1 heteroatoms. The molecular weight excluding hydrogens is 196 g/mol. The monoisotopic (exact) mass is 220 g/mol. The molecule has 1 nitrogen and oxygen atoms in total. The van der Waals surface area contributed by atoms with Gasteiger partial charge in [0.2, 0.25) is 0 Å². The fourth-order valence-electron chi connectivity index (χ4n) is 3.71. The quantitative estimate of drug-likeness (QED) is 0.688. The Kier molecular flexibility index (Phi) is 3.23. The van der Waals surface area contributed by atoms with Crippen LogP contribution in [0.1, 0.15) is 53.4 Å². The number of hydrogen-bond donors (Lipinski definition) is 0. The first-order chi connectivity index (χ1) is 7.54. The molecule has 0 N–H and O–H groups in total. The van der Waals surface area contributed by atoms with Crippen molar-refractivity contribution in [2.75, 3.05) is 0 Å². The lowest BCUT2D eigenvalue weighted by molar-refractivity contribution is -0.121. The minimum absolute atomic E-state index is 0.299. The Labute approximate surface area is 99.3 Å². The van der Waals surface area contributed by atoms with Gasteiger partial charge in [0, 0.05) is 5.92 Å². The summed E-state index contributed by atoms with van der Waals surface area (Å²) in [5, 5.41) is 0. The largest absolute Gasteiger partial charge is 0.294 e. The predicted octanol–water partition coefficient (Wildman–Crippen LogP) is 3.98. The molecule has 0 aromatic heterocycles. The van der Waals surface area contributed by atoms with E-state index in [0.29, 0.717) is 29.5 Å². The molecule has 16 heavy (non-hydrogen) atoms. The van der Waals surface area contributed by atoms with E-state index in [1.165, 1.54) is 36.8 Å². The Bertz CT molecular complexity index is 322. The van der Waals surface area contributed by atoms with Gasteiger partial charge in [-0.15, -0.1) is 0 Å². The smallest absolute Gasteiger partial charge is 0.163 e.